The van der Waals surface area contributed by atoms with Crippen LogP contribution in [0.5, 0.6) is 5.75 Å². The van der Waals surface area contributed by atoms with Crippen LogP contribution in [0.1, 0.15) is 11.4 Å². The number of halogens is 1. The number of nitrogens with one attached hydrogen (secondary N) is 1. The number of ether oxygens (including phenoxy) is 1. The van der Waals surface area contributed by atoms with Crippen LogP contribution in [0.3, 0.4) is 0 Å². The Kier molecular flexibility index (Phi) is 7.12. The summed E-state index contributed by atoms with van der Waals surface area (Å²) in [6.07, 6.45) is 3.16. The standard InChI is InChI=1S/C15H19N3OSi.C2H2BrN3/c1-19-14-7-5-13(6-8-14)11-18-12-16-15(17-18)9-10-20(2,3)4;3-2-4-1-5-6-2/h5-8,12H,11H2,1-4H3;1H,(H,4,5,6). The Morgan fingerprint density at radius 2 is 1.92 bits per heavy atom. The molecule has 0 aliphatic heterocycles. The number of hydrogen-bond donors (Lipinski definition) is 1. The minimum absolute atomic E-state index is 0.598. The van der Waals surface area contributed by atoms with Crippen LogP contribution >= 0.6 is 15.9 Å². The molecular weight excluding hydrogens is 412 g/mol. The molecule has 7 nitrogen and oxygen atoms in total. The van der Waals surface area contributed by atoms with Crippen molar-refractivity contribution in [2.45, 2.75) is 26.2 Å². The molecule has 1 aromatic carbocycles. The zero-order valence-electron chi connectivity index (χ0n) is 15.2. The Balaban J connectivity index is 0.000000342. The van der Waals surface area contributed by atoms with Gasteiger partial charge in [0.25, 0.3) is 0 Å². The highest BCUT2D eigenvalue weighted by Gasteiger charge is 2.08. The normalized spacial score (nSPS) is 10.3. The van der Waals surface area contributed by atoms with Crippen LogP contribution < -0.4 is 4.74 Å². The fraction of sp³-hybridized carbons (Fsp3) is 0.294. The van der Waals surface area contributed by atoms with Crippen molar-refractivity contribution < 1.29 is 4.74 Å². The van der Waals surface area contributed by atoms with Gasteiger partial charge in [-0.25, -0.2) is 14.6 Å². The lowest BCUT2D eigenvalue weighted by Crippen LogP contribution is -2.16. The SMILES string of the molecule is Brc1ncn[nH]1.COc1ccc(Cn2cnc(C#C[Si](C)(C)C)n2)cc1. The molecule has 0 atom stereocenters. The summed E-state index contributed by atoms with van der Waals surface area (Å²) >= 11 is 3.05. The Morgan fingerprint density at radius 3 is 2.42 bits per heavy atom. The minimum atomic E-state index is -1.38. The lowest BCUT2D eigenvalue weighted by atomic mass is 10.2. The summed E-state index contributed by atoms with van der Waals surface area (Å²) in [7, 11) is 0.283. The van der Waals surface area contributed by atoms with Gasteiger partial charge in [0.15, 0.2) is 4.73 Å². The van der Waals surface area contributed by atoms with Gasteiger partial charge in [-0.2, -0.15) is 5.10 Å². The lowest BCUT2D eigenvalue weighted by Gasteiger charge is -2.03. The van der Waals surface area contributed by atoms with Crippen LogP contribution in [0.25, 0.3) is 0 Å². The van der Waals surface area contributed by atoms with Crippen molar-refractivity contribution in [2.75, 3.05) is 7.11 Å². The first-order valence-electron chi connectivity index (χ1n) is 7.92. The number of aromatic amines is 1. The Hall–Kier alpha value is -2.44. The number of H-pyrrole nitrogens is 1. The zero-order valence-corrected chi connectivity index (χ0v) is 17.8. The highest BCUT2D eigenvalue weighted by molar-refractivity contribution is 9.10. The Labute approximate surface area is 162 Å². The summed E-state index contributed by atoms with van der Waals surface area (Å²) in [4.78, 5) is 7.89. The maximum atomic E-state index is 5.14. The quantitative estimate of drug-likeness (QED) is 0.507. The first kappa shape index (κ1) is 19.9. The summed E-state index contributed by atoms with van der Waals surface area (Å²) in [5, 5.41) is 10.5. The maximum absolute atomic E-state index is 5.14. The summed E-state index contributed by atoms with van der Waals surface area (Å²) < 4.78 is 7.61. The second-order valence-electron chi connectivity index (χ2n) is 6.39. The molecule has 136 valence electrons. The number of hydrogen-bond acceptors (Lipinski definition) is 5. The molecule has 2 aromatic heterocycles. The number of aromatic nitrogens is 6. The fourth-order valence-corrected chi connectivity index (χ4v) is 2.46. The molecule has 2 heterocycles. The molecule has 26 heavy (non-hydrogen) atoms. The minimum Gasteiger partial charge on any atom is -0.497 e. The first-order chi connectivity index (χ1) is 12.4. The molecule has 3 rings (SSSR count). The van der Waals surface area contributed by atoms with Crippen LogP contribution in [-0.4, -0.2) is 45.1 Å². The van der Waals surface area contributed by atoms with Crippen molar-refractivity contribution >= 4 is 24.0 Å². The summed E-state index contributed by atoms with van der Waals surface area (Å²) in [5.74, 6) is 4.51. The van der Waals surface area contributed by atoms with E-state index in [1.807, 2.05) is 24.3 Å². The van der Waals surface area contributed by atoms with E-state index in [-0.39, 0.29) is 0 Å². The zero-order chi connectivity index (χ0) is 19.0. The van der Waals surface area contributed by atoms with Gasteiger partial charge >= 0.3 is 0 Å². The van der Waals surface area contributed by atoms with Gasteiger partial charge in [0, 0.05) is 0 Å². The van der Waals surface area contributed by atoms with Gasteiger partial charge in [-0.05, 0) is 39.5 Å². The van der Waals surface area contributed by atoms with E-state index in [2.05, 4.69) is 72.3 Å². The summed E-state index contributed by atoms with van der Waals surface area (Å²) in [5.41, 5.74) is 4.42. The van der Waals surface area contributed by atoms with E-state index in [1.54, 1.807) is 18.1 Å². The van der Waals surface area contributed by atoms with Crippen molar-refractivity contribution in [3.05, 3.63) is 53.0 Å². The van der Waals surface area contributed by atoms with E-state index in [1.165, 1.54) is 6.33 Å². The van der Waals surface area contributed by atoms with Gasteiger partial charge in [0.2, 0.25) is 5.82 Å². The molecule has 0 fully saturated rings. The van der Waals surface area contributed by atoms with E-state index < -0.39 is 8.07 Å². The third-order valence-electron chi connectivity index (χ3n) is 2.98. The van der Waals surface area contributed by atoms with Gasteiger partial charge in [-0.15, -0.1) is 10.6 Å². The first-order valence-corrected chi connectivity index (χ1v) is 12.2. The van der Waals surface area contributed by atoms with Crippen molar-refractivity contribution in [1.82, 2.24) is 29.9 Å². The van der Waals surface area contributed by atoms with Crippen LogP contribution in [0, 0.1) is 11.5 Å². The van der Waals surface area contributed by atoms with Crippen LogP contribution in [-0.2, 0) is 6.54 Å². The smallest absolute Gasteiger partial charge is 0.224 e. The Bertz CT molecular complexity index is 859. The highest BCUT2D eigenvalue weighted by atomic mass is 79.9. The predicted octanol–water partition coefficient (Wildman–Crippen LogP) is 3.13. The topological polar surface area (TPSA) is 81.5 Å². The monoisotopic (exact) mass is 432 g/mol. The second-order valence-corrected chi connectivity index (χ2v) is 11.9. The average Bonchev–Trinajstić information content (AvgIpc) is 3.25. The molecule has 1 N–H and O–H groups in total. The van der Waals surface area contributed by atoms with Crippen molar-refractivity contribution in [1.29, 1.82) is 0 Å². The molecule has 0 radical (unpaired) electrons. The highest BCUT2D eigenvalue weighted by Crippen LogP contribution is 2.11. The number of benzene rings is 1. The predicted molar refractivity (Wildman–Crippen MR) is 106 cm³/mol. The van der Waals surface area contributed by atoms with E-state index in [0.717, 1.165) is 11.3 Å². The van der Waals surface area contributed by atoms with E-state index >= 15 is 0 Å². The average molecular weight is 433 g/mol. The largest absolute Gasteiger partial charge is 0.497 e. The third-order valence-corrected chi connectivity index (χ3v) is 4.23. The van der Waals surface area contributed by atoms with Crippen LogP contribution in [0.2, 0.25) is 19.6 Å². The van der Waals surface area contributed by atoms with E-state index in [0.29, 0.717) is 17.1 Å². The van der Waals surface area contributed by atoms with Gasteiger partial charge in [0.05, 0.1) is 13.7 Å². The molecule has 0 unspecified atom stereocenters. The molecule has 0 saturated heterocycles. The van der Waals surface area contributed by atoms with Gasteiger partial charge < -0.3 is 4.74 Å². The molecule has 0 bridgehead atoms. The Morgan fingerprint density at radius 1 is 1.19 bits per heavy atom. The molecule has 0 amide bonds. The third kappa shape index (κ3) is 7.21. The molecule has 0 saturated carbocycles. The van der Waals surface area contributed by atoms with Crippen LogP contribution in [0.4, 0.5) is 0 Å². The molecule has 3 aromatic rings. The van der Waals surface area contributed by atoms with Gasteiger partial charge in [0.1, 0.15) is 26.5 Å². The maximum Gasteiger partial charge on any atom is 0.224 e. The van der Waals surface area contributed by atoms with E-state index in [4.69, 9.17) is 4.74 Å². The number of nitrogens with zero attached hydrogens (tertiary/aromatic N) is 5. The van der Waals surface area contributed by atoms with E-state index in [9.17, 15) is 0 Å². The van der Waals surface area contributed by atoms with Crippen LogP contribution in [0.15, 0.2) is 41.7 Å². The summed E-state index contributed by atoms with van der Waals surface area (Å²) in [6, 6.07) is 7.93. The van der Waals surface area contributed by atoms with Crippen molar-refractivity contribution in [3.63, 3.8) is 0 Å². The molecule has 9 heteroatoms. The number of methoxy groups -OCH3 is 1. The van der Waals surface area contributed by atoms with Gasteiger partial charge in [-0.1, -0.05) is 31.8 Å². The summed E-state index contributed by atoms with van der Waals surface area (Å²) in [6.45, 7) is 7.29. The molecular formula is C17H21BrN6OSi. The van der Waals surface area contributed by atoms with Gasteiger partial charge in [-0.3, -0.25) is 5.10 Å². The van der Waals surface area contributed by atoms with Crippen molar-refractivity contribution in [3.8, 4) is 17.2 Å². The second kappa shape index (κ2) is 9.31. The fourth-order valence-electron chi connectivity index (χ4n) is 1.78. The molecule has 0 aliphatic carbocycles. The molecule has 0 spiro atoms. The lowest BCUT2D eigenvalue weighted by molar-refractivity contribution is 0.414. The van der Waals surface area contributed by atoms with Crippen molar-refractivity contribution in [2.24, 2.45) is 0 Å². The number of rotatable bonds is 3. The molecule has 0 aliphatic rings.